The molecule has 3 amide bonds. The van der Waals surface area contributed by atoms with E-state index in [1.165, 1.54) is 0 Å². The Labute approximate surface area is 204 Å². The van der Waals surface area contributed by atoms with Gasteiger partial charge in [0, 0.05) is 46.9 Å². The molecule has 0 bridgehead atoms. The van der Waals surface area contributed by atoms with Gasteiger partial charge in [-0.25, -0.2) is 4.79 Å². The minimum atomic E-state index is -0.341. The SMILES string of the molecule is CCOC(=O)N1CCC(NC(=O)CN2C(=O)c3ccccc3C2c2c(C)[nH]c3ccccc23)CC1. The highest BCUT2D eigenvalue weighted by atomic mass is 16.6. The van der Waals surface area contributed by atoms with Crippen molar-refractivity contribution in [3.63, 3.8) is 0 Å². The van der Waals surface area contributed by atoms with Crippen LogP contribution >= 0.6 is 0 Å². The molecule has 8 heteroatoms. The number of H-pyrrole nitrogens is 1. The van der Waals surface area contributed by atoms with Crippen molar-refractivity contribution >= 4 is 28.8 Å². The first-order valence-corrected chi connectivity index (χ1v) is 12.2. The van der Waals surface area contributed by atoms with Gasteiger partial charge < -0.3 is 24.8 Å². The number of rotatable bonds is 5. The molecule has 2 N–H and O–H groups in total. The molecule has 35 heavy (non-hydrogen) atoms. The summed E-state index contributed by atoms with van der Waals surface area (Å²) in [6, 6.07) is 15.3. The number of aromatic nitrogens is 1. The summed E-state index contributed by atoms with van der Waals surface area (Å²) >= 11 is 0. The van der Waals surface area contributed by atoms with E-state index in [4.69, 9.17) is 4.74 Å². The fraction of sp³-hybridized carbons (Fsp3) is 0.370. The molecule has 5 rings (SSSR count). The summed E-state index contributed by atoms with van der Waals surface area (Å²) in [5.41, 5.74) is 4.57. The largest absolute Gasteiger partial charge is 0.450 e. The van der Waals surface area contributed by atoms with E-state index in [9.17, 15) is 14.4 Å². The van der Waals surface area contributed by atoms with Crippen LogP contribution in [0.15, 0.2) is 48.5 Å². The first-order valence-electron chi connectivity index (χ1n) is 12.2. The number of para-hydroxylation sites is 1. The lowest BCUT2D eigenvalue weighted by atomic mass is 9.95. The Morgan fingerprint density at radius 2 is 1.80 bits per heavy atom. The summed E-state index contributed by atoms with van der Waals surface area (Å²) in [5.74, 6) is -0.328. The predicted molar refractivity (Wildman–Crippen MR) is 132 cm³/mol. The average molecular weight is 475 g/mol. The lowest BCUT2D eigenvalue weighted by molar-refractivity contribution is -0.123. The van der Waals surface area contributed by atoms with E-state index in [-0.39, 0.29) is 36.5 Å². The van der Waals surface area contributed by atoms with E-state index >= 15 is 0 Å². The van der Waals surface area contributed by atoms with Crippen molar-refractivity contribution in [2.45, 2.75) is 38.8 Å². The Kier molecular flexibility index (Phi) is 6.19. The molecule has 2 aliphatic rings. The zero-order chi connectivity index (χ0) is 24.5. The second kappa shape index (κ2) is 9.44. The number of piperidine rings is 1. The predicted octanol–water partition coefficient (Wildman–Crippen LogP) is 3.76. The van der Waals surface area contributed by atoms with Crippen LogP contribution in [-0.2, 0) is 9.53 Å². The number of carbonyl (C=O) groups excluding carboxylic acids is 3. The Balaban J connectivity index is 1.35. The summed E-state index contributed by atoms with van der Waals surface area (Å²) in [5, 5.41) is 4.13. The fourth-order valence-corrected chi connectivity index (χ4v) is 5.34. The van der Waals surface area contributed by atoms with Crippen molar-refractivity contribution in [2.24, 2.45) is 0 Å². The number of ether oxygens (including phenoxy) is 1. The minimum Gasteiger partial charge on any atom is -0.450 e. The molecule has 0 aliphatic carbocycles. The van der Waals surface area contributed by atoms with Crippen LogP contribution in [0.1, 0.15) is 53.0 Å². The average Bonchev–Trinajstić information content (AvgIpc) is 3.32. The number of carbonyl (C=O) groups is 3. The highest BCUT2D eigenvalue weighted by Crippen LogP contribution is 2.42. The van der Waals surface area contributed by atoms with E-state index in [2.05, 4.69) is 16.4 Å². The summed E-state index contributed by atoms with van der Waals surface area (Å²) < 4.78 is 5.07. The molecule has 0 saturated carbocycles. The Morgan fingerprint density at radius 1 is 1.09 bits per heavy atom. The molecule has 2 aromatic carbocycles. The van der Waals surface area contributed by atoms with Gasteiger partial charge in [-0.2, -0.15) is 0 Å². The van der Waals surface area contributed by atoms with Crippen LogP contribution in [-0.4, -0.2) is 65.0 Å². The lowest BCUT2D eigenvalue weighted by Gasteiger charge is -2.32. The molecule has 2 aliphatic heterocycles. The summed E-state index contributed by atoms with van der Waals surface area (Å²) in [6.45, 7) is 5.18. The van der Waals surface area contributed by atoms with E-state index in [0.29, 0.717) is 38.1 Å². The van der Waals surface area contributed by atoms with Crippen LogP contribution in [0.25, 0.3) is 10.9 Å². The molecule has 1 fully saturated rings. The Morgan fingerprint density at radius 3 is 2.57 bits per heavy atom. The second-order valence-corrected chi connectivity index (χ2v) is 9.16. The quantitative estimate of drug-likeness (QED) is 0.589. The number of hydrogen-bond donors (Lipinski definition) is 2. The van der Waals surface area contributed by atoms with Crippen LogP contribution in [0.4, 0.5) is 4.79 Å². The lowest BCUT2D eigenvalue weighted by Crippen LogP contribution is -2.49. The maximum atomic E-state index is 13.4. The highest BCUT2D eigenvalue weighted by Gasteiger charge is 2.40. The normalized spacial score (nSPS) is 18.1. The molecule has 0 spiro atoms. The van der Waals surface area contributed by atoms with Gasteiger partial charge in [0.15, 0.2) is 0 Å². The molecule has 3 aromatic rings. The number of amides is 3. The number of benzene rings is 2. The zero-order valence-electron chi connectivity index (χ0n) is 20.0. The number of aromatic amines is 1. The third-order valence-corrected chi connectivity index (χ3v) is 6.98. The molecule has 1 unspecified atom stereocenters. The van der Waals surface area contributed by atoms with Gasteiger partial charge in [0.2, 0.25) is 5.91 Å². The van der Waals surface area contributed by atoms with Gasteiger partial charge in [-0.15, -0.1) is 0 Å². The fourth-order valence-electron chi connectivity index (χ4n) is 5.34. The monoisotopic (exact) mass is 474 g/mol. The molecule has 8 nitrogen and oxygen atoms in total. The van der Waals surface area contributed by atoms with Crippen molar-refractivity contribution in [3.05, 3.63) is 70.9 Å². The van der Waals surface area contributed by atoms with Gasteiger partial charge in [0.25, 0.3) is 5.91 Å². The Hall–Kier alpha value is -3.81. The van der Waals surface area contributed by atoms with E-state index in [0.717, 1.165) is 27.7 Å². The van der Waals surface area contributed by atoms with Gasteiger partial charge in [0.1, 0.15) is 6.54 Å². The number of likely N-dealkylation sites (tertiary alicyclic amines) is 1. The topological polar surface area (TPSA) is 94.7 Å². The molecule has 0 radical (unpaired) electrons. The van der Waals surface area contributed by atoms with E-state index in [1.807, 2.05) is 49.4 Å². The van der Waals surface area contributed by atoms with Crippen molar-refractivity contribution < 1.29 is 19.1 Å². The third-order valence-electron chi connectivity index (χ3n) is 6.98. The first-order chi connectivity index (χ1) is 17.0. The van der Waals surface area contributed by atoms with E-state index < -0.39 is 0 Å². The number of hydrogen-bond acceptors (Lipinski definition) is 4. The van der Waals surface area contributed by atoms with Crippen LogP contribution in [0.3, 0.4) is 0 Å². The number of fused-ring (bicyclic) bond motifs is 2. The maximum Gasteiger partial charge on any atom is 0.409 e. The van der Waals surface area contributed by atoms with Crippen LogP contribution in [0.2, 0.25) is 0 Å². The van der Waals surface area contributed by atoms with Gasteiger partial charge >= 0.3 is 6.09 Å². The molecule has 1 saturated heterocycles. The van der Waals surface area contributed by atoms with E-state index in [1.54, 1.807) is 16.7 Å². The van der Waals surface area contributed by atoms with Crippen molar-refractivity contribution in [2.75, 3.05) is 26.2 Å². The van der Waals surface area contributed by atoms with Gasteiger partial charge in [-0.05, 0) is 44.4 Å². The summed E-state index contributed by atoms with van der Waals surface area (Å²) in [4.78, 5) is 45.3. The summed E-state index contributed by atoms with van der Waals surface area (Å²) in [6.07, 6.45) is 1.00. The van der Waals surface area contributed by atoms with Crippen LogP contribution < -0.4 is 5.32 Å². The number of aryl methyl sites for hydroxylation is 1. The highest BCUT2D eigenvalue weighted by molar-refractivity contribution is 6.02. The molecular formula is C27H30N4O4. The number of nitrogens with one attached hydrogen (secondary N) is 2. The second-order valence-electron chi connectivity index (χ2n) is 9.16. The van der Waals surface area contributed by atoms with Crippen molar-refractivity contribution in [1.29, 1.82) is 0 Å². The molecular weight excluding hydrogens is 444 g/mol. The zero-order valence-corrected chi connectivity index (χ0v) is 20.0. The van der Waals surface area contributed by atoms with Crippen LogP contribution in [0, 0.1) is 6.92 Å². The smallest absolute Gasteiger partial charge is 0.409 e. The van der Waals surface area contributed by atoms with Crippen LogP contribution in [0.5, 0.6) is 0 Å². The Bertz CT molecular complexity index is 1280. The minimum absolute atomic E-state index is 0.0325. The molecule has 1 atom stereocenters. The first kappa shape index (κ1) is 23.0. The maximum absolute atomic E-state index is 13.4. The standard InChI is InChI=1S/C27H30N4O4/c1-3-35-27(34)30-14-12-18(13-15-30)29-23(32)16-31-25(19-8-4-5-9-20(19)26(31)33)24-17(2)28-22-11-7-6-10-21(22)24/h4-11,18,25,28H,3,12-16H2,1-2H3,(H,29,32). The van der Waals surface area contributed by atoms with Crippen molar-refractivity contribution in [1.82, 2.24) is 20.1 Å². The molecule has 182 valence electrons. The van der Waals surface area contributed by atoms with Crippen molar-refractivity contribution in [3.8, 4) is 0 Å². The van der Waals surface area contributed by atoms with Gasteiger partial charge in [-0.1, -0.05) is 36.4 Å². The summed E-state index contributed by atoms with van der Waals surface area (Å²) in [7, 11) is 0. The van der Waals surface area contributed by atoms with Gasteiger partial charge in [-0.3, -0.25) is 9.59 Å². The van der Waals surface area contributed by atoms with Gasteiger partial charge in [0.05, 0.1) is 12.6 Å². The number of nitrogens with zero attached hydrogens (tertiary/aromatic N) is 2. The third kappa shape index (κ3) is 4.24. The molecule has 3 heterocycles. The molecule has 1 aromatic heterocycles.